The second-order valence-electron chi connectivity index (χ2n) is 6.60. The minimum atomic E-state index is -3.22. The van der Waals surface area contributed by atoms with Gasteiger partial charge < -0.3 is 5.32 Å². The maximum absolute atomic E-state index is 12.6. The fourth-order valence-electron chi connectivity index (χ4n) is 3.00. The normalized spacial score (nSPS) is 11.4. The summed E-state index contributed by atoms with van der Waals surface area (Å²) in [6.45, 7) is 2.93. The number of benzene rings is 2. The van der Waals surface area contributed by atoms with Crippen LogP contribution in [0.25, 0.3) is 0 Å². The molecule has 0 aliphatic carbocycles. The van der Waals surface area contributed by atoms with E-state index >= 15 is 0 Å². The Kier molecular flexibility index (Phi) is 5.94. The minimum absolute atomic E-state index is 0.191. The van der Waals surface area contributed by atoms with Gasteiger partial charge >= 0.3 is 0 Å². The molecule has 0 unspecified atom stereocenters. The number of rotatable bonds is 7. The highest BCUT2D eigenvalue weighted by atomic mass is 32.2. The molecule has 1 N–H and O–H groups in total. The van der Waals surface area contributed by atoms with Crippen molar-refractivity contribution in [3.63, 3.8) is 0 Å². The lowest BCUT2D eigenvalue weighted by molar-refractivity contribution is 0.0950. The molecule has 0 aliphatic rings. The molecule has 1 aromatic heterocycles. The third kappa shape index (κ3) is 4.67. The van der Waals surface area contributed by atoms with Gasteiger partial charge in [0.15, 0.2) is 9.84 Å². The fraction of sp³-hybridized carbons (Fsp3) is 0.238. The summed E-state index contributed by atoms with van der Waals surface area (Å²) in [5.74, 6) is -0.191. The van der Waals surface area contributed by atoms with Gasteiger partial charge in [0, 0.05) is 12.8 Å². The van der Waals surface area contributed by atoms with Crippen LogP contribution in [0.3, 0.4) is 0 Å². The van der Waals surface area contributed by atoms with Crippen molar-refractivity contribution in [1.29, 1.82) is 0 Å². The summed E-state index contributed by atoms with van der Waals surface area (Å²) < 4.78 is 24.9. The molecule has 7 heteroatoms. The Hall–Kier alpha value is -2.93. The van der Waals surface area contributed by atoms with Crippen LogP contribution in [0.2, 0.25) is 0 Å². The predicted octanol–water partition coefficient (Wildman–Crippen LogP) is 2.83. The highest BCUT2D eigenvalue weighted by Crippen LogP contribution is 2.14. The maximum Gasteiger partial charge on any atom is 0.255 e. The Bertz CT molecular complexity index is 1060. The standard InChI is InChI=1S/C21H23N3O3S/c1-3-20-19(14-23-24(20)15-17-7-5-4-6-8-17)21(25)22-13-16-9-11-18(12-10-16)28(2,26)27/h4-12,14H,3,13,15H2,1-2H3,(H,22,25). The largest absolute Gasteiger partial charge is 0.348 e. The van der Waals surface area contributed by atoms with E-state index in [0.29, 0.717) is 25.1 Å². The van der Waals surface area contributed by atoms with E-state index in [9.17, 15) is 13.2 Å². The van der Waals surface area contributed by atoms with Gasteiger partial charge in [0.05, 0.1) is 28.9 Å². The number of carbonyl (C=O) groups is 1. The number of amides is 1. The molecule has 146 valence electrons. The fourth-order valence-corrected chi connectivity index (χ4v) is 3.63. The summed E-state index contributed by atoms with van der Waals surface area (Å²) in [7, 11) is -3.22. The molecule has 3 aromatic rings. The van der Waals surface area contributed by atoms with Crippen LogP contribution in [0, 0.1) is 0 Å². The molecule has 1 heterocycles. The van der Waals surface area contributed by atoms with Crippen LogP contribution < -0.4 is 5.32 Å². The number of hydrogen-bond donors (Lipinski definition) is 1. The van der Waals surface area contributed by atoms with Gasteiger partial charge in [0.1, 0.15) is 0 Å². The zero-order valence-electron chi connectivity index (χ0n) is 15.9. The lowest BCUT2D eigenvalue weighted by Gasteiger charge is -2.09. The van der Waals surface area contributed by atoms with Gasteiger partial charge in [0.25, 0.3) is 5.91 Å². The molecule has 1 amide bonds. The summed E-state index contributed by atoms with van der Waals surface area (Å²) in [6, 6.07) is 16.5. The molecule has 2 aromatic carbocycles. The van der Waals surface area contributed by atoms with E-state index in [1.54, 1.807) is 30.5 Å². The molecule has 0 bridgehead atoms. The van der Waals surface area contributed by atoms with Crippen LogP contribution in [-0.4, -0.2) is 30.4 Å². The summed E-state index contributed by atoms with van der Waals surface area (Å²) in [5, 5.41) is 7.27. The van der Waals surface area contributed by atoms with E-state index in [0.717, 1.165) is 16.8 Å². The smallest absolute Gasteiger partial charge is 0.255 e. The van der Waals surface area contributed by atoms with Crippen LogP contribution in [0.1, 0.15) is 34.1 Å². The van der Waals surface area contributed by atoms with Gasteiger partial charge in [-0.05, 0) is 29.7 Å². The topological polar surface area (TPSA) is 81.1 Å². The summed E-state index contributed by atoms with van der Waals surface area (Å²) in [5.41, 5.74) is 3.40. The SMILES string of the molecule is CCc1c(C(=O)NCc2ccc(S(C)(=O)=O)cc2)cnn1Cc1ccccc1. The van der Waals surface area contributed by atoms with Crippen LogP contribution in [0.5, 0.6) is 0 Å². The van der Waals surface area contributed by atoms with Crippen LogP contribution in [-0.2, 0) is 29.3 Å². The average Bonchev–Trinajstić information content (AvgIpc) is 3.09. The van der Waals surface area contributed by atoms with E-state index in [4.69, 9.17) is 0 Å². The molecule has 0 aliphatic heterocycles. The number of hydrogen-bond acceptors (Lipinski definition) is 4. The summed E-state index contributed by atoms with van der Waals surface area (Å²) in [6.07, 6.45) is 3.46. The maximum atomic E-state index is 12.6. The summed E-state index contributed by atoms with van der Waals surface area (Å²) in [4.78, 5) is 12.9. The first-order valence-electron chi connectivity index (χ1n) is 9.04. The van der Waals surface area contributed by atoms with E-state index in [1.165, 1.54) is 6.26 Å². The second-order valence-corrected chi connectivity index (χ2v) is 8.62. The number of sulfone groups is 1. The third-order valence-electron chi connectivity index (χ3n) is 4.51. The molecular formula is C21H23N3O3S. The van der Waals surface area contributed by atoms with Crippen molar-refractivity contribution in [3.8, 4) is 0 Å². The van der Waals surface area contributed by atoms with Gasteiger partial charge in [-0.25, -0.2) is 8.42 Å². The molecule has 0 spiro atoms. The molecule has 0 radical (unpaired) electrons. The van der Waals surface area contributed by atoms with Gasteiger partial charge in [0.2, 0.25) is 0 Å². The van der Waals surface area contributed by atoms with Crippen molar-refractivity contribution >= 4 is 15.7 Å². The lowest BCUT2D eigenvalue weighted by Crippen LogP contribution is -2.24. The number of nitrogens with zero attached hydrogens (tertiary/aromatic N) is 2. The van der Waals surface area contributed by atoms with E-state index in [2.05, 4.69) is 10.4 Å². The van der Waals surface area contributed by atoms with Gasteiger partial charge in [-0.3, -0.25) is 9.48 Å². The average molecular weight is 398 g/mol. The van der Waals surface area contributed by atoms with Crippen molar-refractivity contribution in [1.82, 2.24) is 15.1 Å². The van der Waals surface area contributed by atoms with E-state index < -0.39 is 9.84 Å². The Morgan fingerprint density at radius 1 is 1.04 bits per heavy atom. The van der Waals surface area contributed by atoms with E-state index in [-0.39, 0.29) is 10.8 Å². The Labute approximate surface area is 165 Å². The molecular weight excluding hydrogens is 374 g/mol. The molecule has 6 nitrogen and oxygen atoms in total. The van der Waals surface area contributed by atoms with Crippen molar-refractivity contribution < 1.29 is 13.2 Å². The van der Waals surface area contributed by atoms with Crippen LogP contribution >= 0.6 is 0 Å². The first-order chi connectivity index (χ1) is 13.4. The highest BCUT2D eigenvalue weighted by Gasteiger charge is 2.16. The van der Waals surface area contributed by atoms with Crippen molar-refractivity contribution in [2.24, 2.45) is 0 Å². The van der Waals surface area contributed by atoms with Crippen LogP contribution in [0.15, 0.2) is 65.7 Å². The van der Waals surface area contributed by atoms with Gasteiger partial charge in [-0.2, -0.15) is 5.10 Å². The molecule has 3 rings (SSSR count). The molecule has 0 atom stereocenters. The summed E-state index contributed by atoms with van der Waals surface area (Å²) >= 11 is 0. The van der Waals surface area contributed by atoms with Gasteiger partial charge in [-0.1, -0.05) is 49.4 Å². The van der Waals surface area contributed by atoms with E-state index in [1.807, 2.05) is 41.9 Å². The second kappa shape index (κ2) is 8.39. The van der Waals surface area contributed by atoms with Crippen molar-refractivity contribution in [3.05, 3.63) is 83.2 Å². The Morgan fingerprint density at radius 3 is 2.32 bits per heavy atom. The Balaban J connectivity index is 1.69. The zero-order valence-corrected chi connectivity index (χ0v) is 16.7. The minimum Gasteiger partial charge on any atom is -0.348 e. The predicted molar refractivity (Wildman–Crippen MR) is 108 cm³/mol. The van der Waals surface area contributed by atoms with Crippen LogP contribution in [0.4, 0.5) is 0 Å². The third-order valence-corrected chi connectivity index (χ3v) is 5.64. The monoisotopic (exact) mass is 397 g/mol. The Morgan fingerprint density at radius 2 is 1.71 bits per heavy atom. The zero-order chi connectivity index (χ0) is 20.1. The first kappa shape index (κ1) is 19.8. The molecule has 28 heavy (non-hydrogen) atoms. The molecule has 0 saturated carbocycles. The lowest BCUT2D eigenvalue weighted by atomic mass is 10.1. The number of carbonyl (C=O) groups excluding carboxylic acids is 1. The number of nitrogens with one attached hydrogen (secondary N) is 1. The molecule has 0 fully saturated rings. The van der Waals surface area contributed by atoms with Gasteiger partial charge in [-0.15, -0.1) is 0 Å². The quantitative estimate of drug-likeness (QED) is 0.665. The highest BCUT2D eigenvalue weighted by molar-refractivity contribution is 7.90. The first-order valence-corrected chi connectivity index (χ1v) is 10.9. The van der Waals surface area contributed by atoms with Crippen molar-refractivity contribution in [2.75, 3.05) is 6.26 Å². The number of aromatic nitrogens is 2. The molecule has 0 saturated heterocycles. The van der Waals surface area contributed by atoms with Crippen molar-refractivity contribution in [2.45, 2.75) is 31.3 Å².